The molecule has 0 saturated carbocycles. The molecule has 0 saturated heterocycles. The minimum Gasteiger partial charge on any atom is -0.349 e. The summed E-state index contributed by atoms with van der Waals surface area (Å²) in [4.78, 5) is 25.4. The number of carbonyl (C=O) groups is 2. The summed E-state index contributed by atoms with van der Waals surface area (Å²) in [6.45, 7) is 3.76. The zero-order valence-corrected chi connectivity index (χ0v) is 13.8. The molecule has 3 rings (SSSR count). The Kier molecular flexibility index (Phi) is 4.30. The summed E-state index contributed by atoms with van der Waals surface area (Å²) in [6.07, 6.45) is 0. The third kappa shape index (κ3) is 3.28. The maximum absolute atomic E-state index is 12.9. The van der Waals surface area contributed by atoms with Crippen LogP contribution in [0.4, 0.5) is 10.2 Å². The number of nitrogens with zero attached hydrogens (tertiary/aromatic N) is 1. The van der Waals surface area contributed by atoms with Gasteiger partial charge in [0.15, 0.2) is 0 Å². The Bertz CT molecular complexity index is 899. The van der Waals surface area contributed by atoms with Crippen molar-refractivity contribution in [1.82, 2.24) is 15.5 Å². The molecule has 0 aliphatic carbocycles. The standard InChI is InChI=1S/C16H15FN4O2S/c1-8(2)18-15(23)12-7-11-13(20-21-16(11)24-12)19-14(22)9-3-5-10(17)6-4-9/h3-8H,1-2H3,(H,18,23)(H2,19,20,21,22). The first-order valence-corrected chi connectivity index (χ1v) is 8.11. The minimum absolute atomic E-state index is 0.0335. The number of anilines is 1. The van der Waals surface area contributed by atoms with E-state index in [0.29, 0.717) is 26.5 Å². The SMILES string of the molecule is CC(C)NC(=O)c1cc2c(NC(=O)c3ccc(F)cc3)[nH]nc2s1. The highest BCUT2D eigenvalue weighted by molar-refractivity contribution is 7.20. The molecule has 124 valence electrons. The number of thiophene rings is 1. The van der Waals surface area contributed by atoms with E-state index in [1.165, 1.54) is 35.6 Å². The highest BCUT2D eigenvalue weighted by Crippen LogP contribution is 2.29. The molecule has 8 heteroatoms. The Morgan fingerprint density at radius 1 is 1.21 bits per heavy atom. The molecule has 2 aromatic heterocycles. The summed E-state index contributed by atoms with van der Waals surface area (Å²) in [5.41, 5.74) is 0.326. The van der Waals surface area contributed by atoms with Crippen molar-refractivity contribution in [2.24, 2.45) is 0 Å². The lowest BCUT2D eigenvalue weighted by molar-refractivity contribution is 0.0946. The van der Waals surface area contributed by atoms with Gasteiger partial charge in [0.25, 0.3) is 11.8 Å². The Labute approximate surface area is 141 Å². The number of fused-ring (bicyclic) bond motifs is 1. The van der Waals surface area contributed by atoms with Crippen LogP contribution in [-0.2, 0) is 0 Å². The van der Waals surface area contributed by atoms with E-state index < -0.39 is 5.82 Å². The highest BCUT2D eigenvalue weighted by atomic mass is 32.1. The summed E-state index contributed by atoms with van der Waals surface area (Å²) in [5, 5.41) is 13.0. The van der Waals surface area contributed by atoms with Gasteiger partial charge in [-0.1, -0.05) is 0 Å². The quantitative estimate of drug-likeness (QED) is 0.678. The third-order valence-corrected chi connectivity index (χ3v) is 4.27. The number of nitrogens with one attached hydrogen (secondary N) is 3. The summed E-state index contributed by atoms with van der Waals surface area (Å²) >= 11 is 1.24. The summed E-state index contributed by atoms with van der Waals surface area (Å²) < 4.78 is 12.9. The fourth-order valence-electron chi connectivity index (χ4n) is 2.14. The largest absolute Gasteiger partial charge is 0.349 e. The first-order valence-electron chi connectivity index (χ1n) is 7.29. The molecule has 0 fully saturated rings. The Morgan fingerprint density at radius 2 is 1.92 bits per heavy atom. The van der Waals surface area contributed by atoms with E-state index in [2.05, 4.69) is 20.8 Å². The van der Waals surface area contributed by atoms with Crippen molar-refractivity contribution in [2.75, 3.05) is 5.32 Å². The van der Waals surface area contributed by atoms with Gasteiger partial charge in [0.05, 0.1) is 10.3 Å². The number of halogens is 1. The van der Waals surface area contributed by atoms with E-state index in [1.54, 1.807) is 6.07 Å². The van der Waals surface area contributed by atoms with Crippen molar-refractivity contribution in [1.29, 1.82) is 0 Å². The van der Waals surface area contributed by atoms with Crippen molar-refractivity contribution in [3.05, 3.63) is 46.6 Å². The van der Waals surface area contributed by atoms with Gasteiger partial charge in [-0.15, -0.1) is 11.3 Å². The zero-order chi connectivity index (χ0) is 17.3. The first-order chi connectivity index (χ1) is 11.4. The zero-order valence-electron chi connectivity index (χ0n) is 13.0. The Balaban J connectivity index is 1.82. The Hall–Kier alpha value is -2.74. The number of aromatic nitrogens is 2. The lowest BCUT2D eigenvalue weighted by Crippen LogP contribution is -2.29. The smallest absolute Gasteiger partial charge is 0.261 e. The molecule has 0 aliphatic heterocycles. The highest BCUT2D eigenvalue weighted by Gasteiger charge is 2.17. The normalized spacial score (nSPS) is 11.0. The molecule has 0 atom stereocenters. The van der Waals surface area contributed by atoms with Gasteiger partial charge in [0, 0.05) is 11.6 Å². The van der Waals surface area contributed by atoms with E-state index in [-0.39, 0.29) is 17.9 Å². The van der Waals surface area contributed by atoms with Gasteiger partial charge in [-0.25, -0.2) is 4.39 Å². The van der Waals surface area contributed by atoms with Crippen molar-refractivity contribution in [2.45, 2.75) is 19.9 Å². The van der Waals surface area contributed by atoms with Crippen LogP contribution in [0, 0.1) is 5.82 Å². The molecule has 24 heavy (non-hydrogen) atoms. The van der Waals surface area contributed by atoms with E-state index in [9.17, 15) is 14.0 Å². The number of rotatable bonds is 4. The van der Waals surface area contributed by atoms with Crippen LogP contribution in [-0.4, -0.2) is 28.1 Å². The number of H-pyrrole nitrogens is 1. The van der Waals surface area contributed by atoms with Crippen LogP contribution in [0.25, 0.3) is 10.2 Å². The van der Waals surface area contributed by atoms with E-state index in [4.69, 9.17) is 0 Å². The number of amides is 2. The van der Waals surface area contributed by atoms with Gasteiger partial charge in [0.1, 0.15) is 16.5 Å². The first kappa shape index (κ1) is 16.1. The third-order valence-electron chi connectivity index (χ3n) is 3.24. The molecule has 0 unspecified atom stereocenters. The second kappa shape index (κ2) is 6.40. The summed E-state index contributed by atoms with van der Waals surface area (Å²) in [7, 11) is 0. The van der Waals surface area contributed by atoms with E-state index in [1.807, 2.05) is 13.8 Å². The number of hydrogen-bond donors (Lipinski definition) is 3. The van der Waals surface area contributed by atoms with Crippen molar-refractivity contribution in [3.63, 3.8) is 0 Å². The molecule has 0 radical (unpaired) electrons. The van der Waals surface area contributed by atoms with Gasteiger partial charge >= 0.3 is 0 Å². The second-order valence-corrected chi connectivity index (χ2v) is 6.55. The van der Waals surface area contributed by atoms with Crippen LogP contribution < -0.4 is 10.6 Å². The average molecular weight is 346 g/mol. The molecule has 1 aromatic carbocycles. The topological polar surface area (TPSA) is 86.9 Å². The Morgan fingerprint density at radius 3 is 2.58 bits per heavy atom. The predicted molar refractivity (Wildman–Crippen MR) is 90.9 cm³/mol. The summed E-state index contributed by atoms with van der Waals surface area (Å²) in [5.74, 6) is -0.572. The number of carbonyl (C=O) groups excluding carboxylic acids is 2. The number of benzene rings is 1. The average Bonchev–Trinajstić information content (AvgIpc) is 3.09. The van der Waals surface area contributed by atoms with Crippen molar-refractivity contribution in [3.8, 4) is 0 Å². The monoisotopic (exact) mass is 346 g/mol. The molecule has 0 aliphatic rings. The van der Waals surface area contributed by atoms with Crippen molar-refractivity contribution >= 4 is 39.2 Å². The minimum atomic E-state index is -0.408. The van der Waals surface area contributed by atoms with Gasteiger partial charge in [-0.3, -0.25) is 14.7 Å². The van der Waals surface area contributed by atoms with Crippen LogP contribution in [0.2, 0.25) is 0 Å². The second-order valence-electron chi connectivity index (χ2n) is 5.52. The number of hydrogen-bond acceptors (Lipinski definition) is 4. The lowest BCUT2D eigenvalue weighted by atomic mass is 10.2. The van der Waals surface area contributed by atoms with Crippen LogP contribution in [0.5, 0.6) is 0 Å². The molecule has 2 heterocycles. The molecular formula is C16H15FN4O2S. The van der Waals surface area contributed by atoms with E-state index >= 15 is 0 Å². The molecule has 3 N–H and O–H groups in total. The number of aromatic amines is 1. The summed E-state index contributed by atoms with van der Waals surface area (Å²) in [6, 6.07) is 6.95. The molecule has 2 amide bonds. The van der Waals surface area contributed by atoms with Crippen LogP contribution in [0.1, 0.15) is 33.9 Å². The molecule has 6 nitrogen and oxygen atoms in total. The van der Waals surface area contributed by atoms with Crippen LogP contribution in [0.15, 0.2) is 30.3 Å². The predicted octanol–water partition coefficient (Wildman–Crippen LogP) is 3.15. The van der Waals surface area contributed by atoms with Crippen LogP contribution in [0.3, 0.4) is 0 Å². The molecular weight excluding hydrogens is 331 g/mol. The molecule has 0 spiro atoms. The fraction of sp³-hybridized carbons (Fsp3) is 0.188. The van der Waals surface area contributed by atoms with Gasteiger partial charge in [-0.05, 0) is 44.2 Å². The van der Waals surface area contributed by atoms with Gasteiger partial charge < -0.3 is 10.6 Å². The van der Waals surface area contributed by atoms with Gasteiger partial charge in [-0.2, -0.15) is 5.10 Å². The van der Waals surface area contributed by atoms with Crippen LogP contribution >= 0.6 is 11.3 Å². The fourth-order valence-corrected chi connectivity index (χ4v) is 3.04. The lowest BCUT2D eigenvalue weighted by Gasteiger charge is -2.05. The van der Waals surface area contributed by atoms with Gasteiger partial charge in [0.2, 0.25) is 0 Å². The molecule has 3 aromatic rings. The van der Waals surface area contributed by atoms with E-state index in [0.717, 1.165) is 0 Å². The maximum atomic E-state index is 12.9. The van der Waals surface area contributed by atoms with Crippen molar-refractivity contribution < 1.29 is 14.0 Å². The maximum Gasteiger partial charge on any atom is 0.261 e. The molecule has 0 bridgehead atoms.